The van der Waals surface area contributed by atoms with E-state index in [1.807, 2.05) is 19.9 Å². The molecule has 0 fully saturated rings. The van der Waals surface area contributed by atoms with Gasteiger partial charge in [-0.3, -0.25) is 0 Å². The first-order valence-electron chi connectivity index (χ1n) is 6.51. The molecule has 0 amide bonds. The van der Waals surface area contributed by atoms with Crippen LogP contribution in [0.25, 0.3) is 0 Å². The van der Waals surface area contributed by atoms with Gasteiger partial charge in [0.25, 0.3) is 0 Å². The van der Waals surface area contributed by atoms with Gasteiger partial charge in [0, 0.05) is 6.42 Å². The fraction of sp³-hybridized carbons (Fsp3) is 0.643. The Bertz CT molecular complexity index is 347. The van der Waals surface area contributed by atoms with E-state index >= 15 is 0 Å². The number of nitrogens with zero attached hydrogens (tertiary/aromatic N) is 3. The highest BCUT2D eigenvalue weighted by Crippen LogP contribution is 2.08. The first kappa shape index (κ1) is 13.8. The van der Waals surface area contributed by atoms with Crippen molar-refractivity contribution in [3.8, 4) is 0 Å². The van der Waals surface area contributed by atoms with Gasteiger partial charge < -0.3 is 0 Å². The number of allylic oxidation sites excluding steroid dienone is 1. The molecular weight excluding hydrogens is 210 g/mol. The molecule has 0 bridgehead atoms. The van der Waals surface area contributed by atoms with Gasteiger partial charge in [-0.05, 0) is 33.1 Å². The van der Waals surface area contributed by atoms with E-state index in [2.05, 4.69) is 21.8 Å². The molecule has 0 saturated heterocycles. The third kappa shape index (κ3) is 5.57. The van der Waals surface area contributed by atoms with E-state index in [0.29, 0.717) is 0 Å². The molecule has 0 aromatic carbocycles. The maximum atomic E-state index is 4.43. The number of hydrogen-bond acceptors (Lipinski definition) is 3. The van der Waals surface area contributed by atoms with Crippen molar-refractivity contribution in [1.82, 2.24) is 15.2 Å². The lowest BCUT2D eigenvalue weighted by molar-refractivity contribution is 0.604. The molecule has 1 heterocycles. The Kier molecular flexibility index (Phi) is 6.45. The molecule has 1 aromatic heterocycles. The summed E-state index contributed by atoms with van der Waals surface area (Å²) in [6.45, 7) is 7.66. The molecule has 0 aliphatic rings. The van der Waals surface area contributed by atoms with Crippen molar-refractivity contribution in [3.63, 3.8) is 0 Å². The molecule has 1 aromatic rings. The normalized spacial score (nSPS) is 10.5. The Morgan fingerprint density at radius 3 is 2.35 bits per heavy atom. The van der Waals surface area contributed by atoms with Gasteiger partial charge in [-0.2, -0.15) is 5.10 Å². The Balaban J connectivity index is 2.13. The van der Waals surface area contributed by atoms with E-state index in [1.165, 1.54) is 25.7 Å². The topological polar surface area (TPSA) is 38.7 Å². The predicted molar refractivity (Wildman–Crippen MR) is 70.9 cm³/mol. The third-order valence-electron chi connectivity index (χ3n) is 2.94. The lowest BCUT2D eigenvalue weighted by atomic mass is 10.1. The number of aryl methyl sites for hydroxylation is 3. The highest BCUT2D eigenvalue weighted by molar-refractivity contribution is 5.05. The van der Waals surface area contributed by atoms with Crippen LogP contribution in [0, 0.1) is 13.8 Å². The van der Waals surface area contributed by atoms with Crippen LogP contribution in [0.4, 0.5) is 0 Å². The van der Waals surface area contributed by atoms with Crippen LogP contribution in [0.15, 0.2) is 12.7 Å². The van der Waals surface area contributed by atoms with Crippen LogP contribution in [-0.4, -0.2) is 15.2 Å². The van der Waals surface area contributed by atoms with Crippen molar-refractivity contribution in [1.29, 1.82) is 0 Å². The van der Waals surface area contributed by atoms with Gasteiger partial charge in [0.05, 0.1) is 11.4 Å². The molecular formula is C14H23N3. The van der Waals surface area contributed by atoms with E-state index in [9.17, 15) is 0 Å². The summed E-state index contributed by atoms with van der Waals surface area (Å²) < 4.78 is 0. The predicted octanol–water partition coefficient (Wildman–Crippen LogP) is 3.56. The molecule has 0 N–H and O–H groups in total. The second kappa shape index (κ2) is 7.93. The molecule has 0 radical (unpaired) electrons. The fourth-order valence-corrected chi connectivity index (χ4v) is 1.71. The first-order chi connectivity index (χ1) is 8.24. The quantitative estimate of drug-likeness (QED) is 0.509. The molecule has 1 rings (SSSR count). The molecule has 0 aliphatic carbocycles. The van der Waals surface area contributed by atoms with Crippen molar-refractivity contribution in [2.45, 2.75) is 58.8 Å². The zero-order valence-corrected chi connectivity index (χ0v) is 11.1. The van der Waals surface area contributed by atoms with E-state index < -0.39 is 0 Å². The summed E-state index contributed by atoms with van der Waals surface area (Å²) in [5.41, 5.74) is 1.93. The monoisotopic (exact) mass is 233 g/mol. The standard InChI is InChI=1S/C14H23N3/c1-4-5-6-7-8-9-10-11-14-15-12(2)13(3)16-17-14/h4H,1,5-11H2,2-3H3. The molecule has 0 aliphatic heterocycles. The van der Waals surface area contributed by atoms with Gasteiger partial charge in [-0.15, -0.1) is 11.7 Å². The molecule has 0 spiro atoms. The maximum absolute atomic E-state index is 4.43. The minimum atomic E-state index is 0.888. The van der Waals surface area contributed by atoms with Gasteiger partial charge in [-0.1, -0.05) is 25.3 Å². The van der Waals surface area contributed by atoms with Crippen LogP contribution < -0.4 is 0 Å². The van der Waals surface area contributed by atoms with Gasteiger partial charge in [0.15, 0.2) is 5.82 Å². The van der Waals surface area contributed by atoms with Crippen LogP contribution in [0.1, 0.15) is 55.7 Å². The van der Waals surface area contributed by atoms with E-state index in [1.54, 1.807) is 0 Å². The number of hydrogen-bond donors (Lipinski definition) is 0. The summed E-state index contributed by atoms with van der Waals surface area (Å²) in [5, 5.41) is 8.21. The van der Waals surface area contributed by atoms with Crippen LogP contribution in [0.2, 0.25) is 0 Å². The Morgan fingerprint density at radius 2 is 1.65 bits per heavy atom. The smallest absolute Gasteiger partial charge is 0.151 e. The second-order valence-corrected chi connectivity index (χ2v) is 4.49. The lowest BCUT2D eigenvalue weighted by Gasteiger charge is -2.02. The van der Waals surface area contributed by atoms with Crippen LogP contribution >= 0.6 is 0 Å². The average Bonchev–Trinajstić information content (AvgIpc) is 2.32. The van der Waals surface area contributed by atoms with E-state index in [-0.39, 0.29) is 0 Å². The SMILES string of the molecule is C=CCCCCCCCc1nnc(C)c(C)n1. The first-order valence-corrected chi connectivity index (χ1v) is 6.51. The molecule has 0 saturated carbocycles. The summed E-state index contributed by atoms with van der Waals surface area (Å²) in [4.78, 5) is 4.43. The molecule has 0 atom stereocenters. The molecule has 17 heavy (non-hydrogen) atoms. The summed E-state index contributed by atoms with van der Waals surface area (Å²) in [5.74, 6) is 0.888. The van der Waals surface area contributed by atoms with Gasteiger partial charge in [0.2, 0.25) is 0 Å². The minimum absolute atomic E-state index is 0.888. The van der Waals surface area contributed by atoms with E-state index in [4.69, 9.17) is 0 Å². The largest absolute Gasteiger partial charge is 0.234 e. The van der Waals surface area contributed by atoms with Crippen molar-refractivity contribution >= 4 is 0 Å². The Labute approximate surface area is 104 Å². The number of aromatic nitrogens is 3. The summed E-state index contributed by atoms with van der Waals surface area (Å²) in [7, 11) is 0. The zero-order chi connectivity index (χ0) is 12.5. The lowest BCUT2D eigenvalue weighted by Crippen LogP contribution is -2.02. The number of rotatable bonds is 8. The summed E-state index contributed by atoms with van der Waals surface area (Å²) >= 11 is 0. The summed E-state index contributed by atoms with van der Waals surface area (Å²) in [6, 6.07) is 0. The number of unbranched alkanes of at least 4 members (excludes halogenated alkanes) is 5. The van der Waals surface area contributed by atoms with Gasteiger partial charge >= 0.3 is 0 Å². The fourth-order valence-electron chi connectivity index (χ4n) is 1.71. The molecule has 94 valence electrons. The van der Waals surface area contributed by atoms with Crippen molar-refractivity contribution in [3.05, 3.63) is 29.9 Å². The molecule has 3 heteroatoms. The van der Waals surface area contributed by atoms with E-state index in [0.717, 1.165) is 36.5 Å². The van der Waals surface area contributed by atoms with Gasteiger partial charge in [-0.25, -0.2) is 4.98 Å². The van der Waals surface area contributed by atoms with Crippen molar-refractivity contribution in [2.75, 3.05) is 0 Å². The third-order valence-corrected chi connectivity index (χ3v) is 2.94. The highest BCUT2D eigenvalue weighted by Gasteiger charge is 2.01. The average molecular weight is 233 g/mol. The highest BCUT2D eigenvalue weighted by atomic mass is 15.2. The Morgan fingerprint density at radius 1 is 0.941 bits per heavy atom. The Hall–Kier alpha value is -1.25. The van der Waals surface area contributed by atoms with Crippen LogP contribution in [0.5, 0.6) is 0 Å². The zero-order valence-electron chi connectivity index (χ0n) is 11.1. The maximum Gasteiger partial charge on any atom is 0.151 e. The van der Waals surface area contributed by atoms with Gasteiger partial charge in [0.1, 0.15) is 0 Å². The summed E-state index contributed by atoms with van der Waals surface area (Å²) in [6.07, 6.45) is 10.4. The second-order valence-electron chi connectivity index (χ2n) is 4.49. The van der Waals surface area contributed by atoms with Crippen LogP contribution in [0.3, 0.4) is 0 Å². The minimum Gasteiger partial charge on any atom is -0.234 e. The molecule has 3 nitrogen and oxygen atoms in total. The molecule has 0 unspecified atom stereocenters. The van der Waals surface area contributed by atoms with Crippen molar-refractivity contribution < 1.29 is 0 Å². The van der Waals surface area contributed by atoms with Crippen molar-refractivity contribution in [2.24, 2.45) is 0 Å². The van der Waals surface area contributed by atoms with Crippen LogP contribution in [-0.2, 0) is 6.42 Å².